The monoisotopic (exact) mass is 298 g/mol. The normalized spacial score (nSPS) is 21.8. The van der Waals surface area contributed by atoms with Crippen LogP contribution in [0.1, 0.15) is 58.3 Å². The second-order valence-corrected chi connectivity index (χ2v) is 7.18. The zero-order valence-corrected chi connectivity index (χ0v) is 13.8. The number of unbranched alkanes of at least 4 members (excludes halogenated alkanes) is 1. The summed E-state index contributed by atoms with van der Waals surface area (Å²) >= 11 is 1.94. The van der Waals surface area contributed by atoms with Gasteiger partial charge in [-0.2, -0.15) is 0 Å². The molecule has 1 heterocycles. The molecule has 20 heavy (non-hydrogen) atoms. The van der Waals surface area contributed by atoms with Crippen LogP contribution in [0.3, 0.4) is 0 Å². The van der Waals surface area contributed by atoms with Crippen molar-refractivity contribution < 1.29 is 4.74 Å². The van der Waals surface area contributed by atoms with Gasteiger partial charge in [0.1, 0.15) is 0 Å². The van der Waals surface area contributed by atoms with E-state index in [0.29, 0.717) is 5.41 Å². The van der Waals surface area contributed by atoms with Gasteiger partial charge >= 0.3 is 0 Å². The average molecular weight is 298 g/mol. The molecule has 1 fully saturated rings. The fourth-order valence-electron chi connectivity index (χ4n) is 2.98. The third kappa shape index (κ3) is 5.28. The Bertz CT molecular complexity index is 301. The van der Waals surface area contributed by atoms with E-state index in [0.717, 1.165) is 37.9 Å². The van der Waals surface area contributed by atoms with Crippen molar-refractivity contribution in [3.63, 3.8) is 0 Å². The highest BCUT2D eigenvalue weighted by Crippen LogP contribution is 2.41. The summed E-state index contributed by atoms with van der Waals surface area (Å²) in [6.45, 7) is 6.02. The van der Waals surface area contributed by atoms with Crippen molar-refractivity contribution in [1.82, 2.24) is 5.32 Å². The third-order valence-electron chi connectivity index (χ3n) is 4.37. The Labute approximate surface area is 128 Å². The summed E-state index contributed by atoms with van der Waals surface area (Å²) in [6, 6.07) is 0. The van der Waals surface area contributed by atoms with Crippen LogP contribution in [0.2, 0.25) is 0 Å². The largest absolute Gasteiger partial charge is 0.381 e. The highest BCUT2D eigenvalue weighted by Gasteiger charge is 2.34. The molecule has 4 heteroatoms. The Morgan fingerprint density at radius 1 is 1.20 bits per heavy atom. The first-order valence-electron chi connectivity index (χ1n) is 8.33. The lowest BCUT2D eigenvalue weighted by molar-refractivity contribution is 0.129. The summed E-state index contributed by atoms with van der Waals surface area (Å²) < 4.78 is 5.57. The zero-order chi connectivity index (χ0) is 14.1. The number of hydrogen-bond acceptors (Lipinski definition) is 4. The molecule has 116 valence electrons. The van der Waals surface area contributed by atoms with Crippen LogP contribution < -0.4 is 5.32 Å². The molecule has 0 aromatic carbocycles. The summed E-state index contributed by atoms with van der Waals surface area (Å²) in [4.78, 5) is 4.78. The van der Waals surface area contributed by atoms with Crippen molar-refractivity contribution in [2.45, 2.75) is 58.3 Å². The highest BCUT2D eigenvalue weighted by molar-refractivity contribution is 8.13. The van der Waals surface area contributed by atoms with Crippen molar-refractivity contribution in [2.75, 3.05) is 32.1 Å². The molecule has 0 saturated heterocycles. The third-order valence-corrected chi connectivity index (χ3v) is 5.67. The molecule has 0 bridgehead atoms. The minimum Gasteiger partial charge on any atom is -0.381 e. The predicted molar refractivity (Wildman–Crippen MR) is 88.6 cm³/mol. The van der Waals surface area contributed by atoms with Gasteiger partial charge in [0.05, 0.1) is 0 Å². The van der Waals surface area contributed by atoms with Gasteiger partial charge in [-0.05, 0) is 31.1 Å². The number of amidine groups is 1. The standard InChI is InChI=1S/C16H30N2OS/c1-2-3-11-19-12-7-10-17-15-18-13-16(14-20-15)8-5-4-6-9-16/h2-14H2,1H3,(H,17,18). The van der Waals surface area contributed by atoms with Crippen LogP contribution in [0.25, 0.3) is 0 Å². The maximum atomic E-state index is 5.57. The van der Waals surface area contributed by atoms with Crippen LogP contribution in [0, 0.1) is 5.41 Å². The fraction of sp³-hybridized carbons (Fsp3) is 0.938. The molecule has 0 radical (unpaired) electrons. The summed E-state index contributed by atoms with van der Waals surface area (Å²) in [5.74, 6) is 1.27. The smallest absolute Gasteiger partial charge is 0.156 e. The van der Waals surface area contributed by atoms with Crippen LogP contribution in [-0.2, 0) is 4.74 Å². The number of ether oxygens (including phenoxy) is 1. The highest BCUT2D eigenvalue weighted by atomic mass is 32.2. The number of aliphatic imine (C=N–C) groups is 1. The molecule has 1 spiro atoms. The molecule has 1 aliphatic carbocycles. The minimum atomic E-state index is 0.539. The van der Waals surface area contributed by atoms with Gasteiger partial charge in [-0.25, -0.2) is 0 Å². The van der Waals surface area contributed by atoms with Crippen LogP contribution in [0.4, 0.5) is 0 Å². The van der Waals surface area contributed by atoms with Gasteiger partial charge in [0.25, 0.3) is 0 Å². The van der Waals surface area contributed by atoms with Gasteiger partial charge in [0, 0.05) is 32.1 Å². The lowest BCUT2D eigenvalue weighted by atomic mass is 9.75. The van der Waals surface area contributed by atoms with E-state index < -0.39 is 0 Å². The van der Waals surface area contributed by atoms with E-state index in [9.17, 15) is 0 Å². The van der Waals surface area contributed by atoms with Gasteiger partial charge in [-0.15, -0.1) is 0 Å². The summed E-state index contributed by atoms with van der Waals surface area (Å²) in [6.07, 6.45) is 10.5. The summed E-state index contributed by atoms with van der Waals surface area (Å²) in [5, 5.41) is 4.63. The number of nitrogens with zero attached hydrogens (tertiary/aromatic N) is 1. The molecule has 0 atom stereocenters. The SMILES string of the molecule is CCCCOCCCNC1=NCC2(CCCCC2)CS1. The molecule has 1 saturated carbocycles. The van der Waals surface area contributed by atoms with Gasteiger partial charge in [0.15, 0.2) is 5.17 Å². The Morgan fingerprint density at radius 2 is 2.00 bits per heavy atom. The first-order valence-corrected chi connectivity index (χ1v) is 9.32. The maximum absolute atomic E-state index is 5.57. The number of rotatable bonds is 7. The zero-order valence-electron chi connectivity index (χ0n) is 13.0. The summed E-state index contributed by atoms with van der Waals surface area (Å²) in [7, 11) is 0. The van der Waals surface area contributed by atoms with E-state index in [1.54, 1.807) is 0 Å². The van der Waals surface area contributed by atoms with E-state index in [1.165, 1.54) is 50.7 Å². The van der Waals surface area contributed by atoms with Crippen molar-refractivity contribution in [2.24, 2.45) is 10.4 Å². The number of nitrogens with one attached hydrogen (secondary N) is 1. The predicted octanol–water partition coefficient (Wildman–Crippen LogP) is 3.84. The molecular formula is C16H30N2OS. The quantitative estimate of drug-likeness (QED) is 0.725. The molecule has 3 nitrogen and oxygen atoms in total. The second kappa shape index (κ2) is 8.93. The molecule has 1 aliphatic heterocycles. The van der Waals surface area contributed by atoms with E-state index >= 15 is 0 Å². The topological polar surface area (TPSA) is 33.6 Å². The van der Waals surface area contributed by atoms with Gasteiger partial charge in [0.2, 0.25) is 0 Å². The van der Waals surface area contributed by atoms with E-state index in [2.05, 4.69) is 12.2 Å². The Hall–Kier alpha value is -0.220. The van der Waals surface area contributed by atoms with Crippen LogP contribution >= 0.6 is 11.8 Å². The van der Waals surface area contributed by atoms with Crippen LogP contribution in [0.15, 0.2) is 4.99 Å². The summed E-state index contributed by atoms with van der Waals surface area (Å²) in [5.41, 5.74) is 0.539. The van der Waals surface area contributed by atoms with Crippen LogP contribution in [0.5, 0.6) is 0 Å². The van der Waals surface area contributed by atoms with Gasteiger partial charge in [-0.1, -0.05) is 44.4 Å². The molecule has 2 aliphatic rings. The van der Waals surface area contributed by atoms with Crippen molar-refractivity contribution in [3.8, 4) is 0 Å². The first kappa shape index (κ1) is 16.2. The Balaban J connectivity index is 1.56. The molecular weight excluding hydrogens is 268 g/mol. The molecule has 2 rings (SSSR count). The fourth-order valence-corrected chi connectivity index (χ4v) is 4.16. The Kier molecular flexibility index (Phi) is 7.22. The first-order chi connectivity index (χ1) is 9.85. The lowest BCUT2D eigenvalue weighted by Gasteiger charge is -2.38. The van der Waals surface area contributed by atoms with E-state index in [4.69, 9.17) is 9.73 Å². The maximum Gasteiger partial charge on any atom is 0.156 e. The van der Waals surface area contributed by atoms with Crippen molar-refractivity contribution in [3.05, 3.63) is 0 Å². The number of thioether (sulfide) groups is 1. The molecule has 0 unspecified atom stereocenters. The number of hydrogen-bond donors (Lipinski definition) is 1. The lowest BCUT2D eigenvalue weighted by Crippen LogP contribution is -2.37. The van der Waals surface area contributed by atoms with E-state index in [-0.39, 0.29) is 0 Å². The van der Waals surface area contributed by atoms with Crippen molar-refractivity contribution >= 4 is 16.9 Å². The second-order valence-electron chi connectivity index (χ2n) is 6.22. The molecule has 0 aromatic heterocycles. The van der Waals surface area contributed by atoms with E-state index in [1.807, 2.05) is 11.8 Å². The average Bonchev–Trinajstić information content (AvgIpc) is 2.49. The van der Waals surface area contributed by atoms with Gasteiger partial charge in [-0.3, -0.25) is 4.99 Å². The molecule has 0 amide bonds. The molecule has 1 N–H and O–H groups in total. The van der Waals surface area contributed by atoms with Crippen LogP contribution in [-0.4, -0.2) is 37.2 Å². The Morgan fingerprint density at radius 3 is 2.70 bits per heavy atom. The van der Waals surface area contributed by atoms with Crippen molar-refractivity contribution in [1.29, 1.82) is 0 Å². The molecule has 0 aromatic rings. The minimum absolute atomic E-state index is 0.539. The van der Waals surface area contributed by atoms with Gasteiger partial charge < -0.3 is 10.1 Å².